The number of carbonyl (C=O) groups is 1. The minimum Gasteiger partial charge on any atom is -0.488 e. The fourth-order valence-electron chi connectivity index (χ4n) is 3.12. The second-order valence-electron chi connectivity index (χ2n) is 6.73. The third kappa shape index (κ3) is 5.74. The maximum atomic E-state index is 14.0. The molecule has 0 radical (unpaired) electrons. The van der Waals surface area contributed by atoms with Crippen LogP contribution < -0.4 is 4.74 Å². The van der Waals surface area contributed by atoms with Crippen LogP contribution in [0.3, 0.4) is 0 Å². The molecule has 0 aromatic heterocycles. The van der Waals surface area contributed by atoms with E-state index < -0.39 is 11.9 Å². The average molecular weight is 462 g/mol. The van der Waals surface area contributed by atoms with Crippen LogP contribution in [0.25, 0.3) is 0 Å². The van der Waals surface area contributed by atoms with Crippen LogP contribution in [0.5, 0.6) is 5.75 Å². The second kappa shape index (κ2) is 9.96. The van der Waals surface area contributed by atoms with Crippen molar-refractivity contribution in [1.82, 2.24) is 9.80 Å². The van der Waals surface area contributed by atoms with Crippen molar-refractivity contribution in [3.63, 3.8) is 0 Å². The highest BCUT2D eigenvalue weighted by Crippen LogP contribution is 2.32. The monoisotopic (exact) mass is 460 g/mol. The number of hydrogen-bond acceptors (Lipinski definition) is 4. The number of aliphatic hydroxyl groups excluding tert-OH is 1. The van der Waals surface area contributed by atoms with Gasteiger partial charge in [-0.15, -0.1) is 0 Å². The van der Waals surface area contributed by atoms with E-state index in [-0.39, 0.29) is 23.1 Å². The second-order valence-corrected chi connectivity index (χ2v) is 7.98. The Labute approximate surface area is 183 Å². The Morgan fingerprint density at radius 2 is 1.76 bits per heavy atom. The topological polar surface area (TPSA) is 53.0 Å². The molecule has 9 heteroatoms. The van der Waals surface area contributed by atoms with Gasteiger partial charge in [-0.1, -0.05) is 40.9 Å². The van der Waals surface area contributed by atoms with E-state index in [1.54, 1.807) is 23.1 Å². The van der Waals surface area contributed by atoms with E-state index in [1.807, 2.05) is 4.90 Å². The predicted molar refractivity (Wildman–Crippen MR) is 112 cm³/mol. The molecule has 1 atom stereocenters. The molecule has 0 spiro atoms. The molecule has 29 heavy (non-hydrogen) atoms. The van der Waals surface area contributed by atoms with Gasteiger partial charge in [-0.25, -0.2) is 4.39 Å². The molecule has 2 aromatic rings. The summed E-state index contributed by atoms with van der Waals surface area (Å²) in [6, 6.07) is 9.06. The lowest BCUT2D eigenvalue weighted by atomic mass is 10.1. The molecule has 1 fully saturated rings. The van der Waals surface area contributed by atoms with Gasteiger partial charge in [0.05, 0.1) is 15.6 Å². The summed E-state index contributed by atoms with van der Waals surface area (Å²) in [6.07, 6.45) is -0.752. The number of amides is 1. The Morgan fingerprint density at radius 1 is 1.10 bits per heavy atom. The molecule has 0 saturated carbocycles. The third-order valence-corrected chi connectivity index (χ3v) is 5.46. The summed E-state index contributed by atoms with van der Waals surface area (Å²) in [7, 11) is 0. The highest BCUT2D eigenvalue weighted by atomic mass is 35.5. The predicted octanol–water partition coefficient (Wildman–Crippen LogP) is 3.98. The number of rotatable bonds is 6. The molecule has 2 aromatic carbocycles. The minimum atomic E-state index is -0.752. The minimum absolute atomic E-state index is 0.00732. The number of halogens is 4. The molecular weight excluding hydrogens is 442 g/mol. The summed E-state index contributed by atoms with van der Waals surface area (Å²) in [4.78, 5) is 16.1. The summed E-state index contributed by atoms with van der Waals surface area (Å²) < 4.78 is 19.5. The van der Waals surface area contributed by atoms with Crippen molar-refractivity contribution in [2.75, 3.05) is 39.3 Å². The van der Waals surface area contributed by atoms with Crippen molar-refractivity contribution >= 4 is 40.7 Å². The fourth-order valence-corrected chi connectivity index (χ4v) is 3.78. The van der Waals surface area contributed by atoms with Gasteiger partial charge in [0.1, 0.15) is 18.5 Å². The zero-order valence-electron chi connectivity index (χ0n) is 15.5. The number of β-amino-alcohol motifs (C(OH)–C–C–N with tert-alkyl or cyclic N) is 1. The number of ether oxygens (including phenoxy) is 1. The van der Waals surface area contributed by atoms with Gasteiger partial charge in [-0.2, -0.15) is 0 Å². The van der Waals surface area contributed by atoms with Crippen LogP contribution >= 0.6 is 34.8 Å². The molecule has 1 unspecified atom stereocenters. The van der Waals surface area contributed by atoms with E-state index >= 15 is 0 Å². The third-order valence-electron chi connectivity index (χ3n) is 4.63. The molecule has 3 rings (SSSR count). The molecule has 1 saturated heterocycles. The first-order valence-electron chi connectivity index (χ1n) is 9.06. The zero-order valence-corrected chi connectivity index (χ0v) is 17.7. The fraction of sp³-hybridized carbons (Fsp3) is 0.350. The normalized spacial score (nSPS) is 16.0. The van der Waals surface area contributed by atoms with Gasteiger partial charge in [-0.05, 0) is 30.3 Å². The highest BCUT2D eigenvalue weighted by molar-refractivity contribution is 6.37. The molecule has 1 aliphatic heterocycles. The lowest BCUT2D eigenvalue weighted by Gasteiger charge is -2.35. The quantitative estimate of drug-likeness (QED) is 0.707. The molecule has 5 nitrogen and oxygen atoms in total. The van der Waals surface area contributed by atoms with E-state index in [4.69, 9.17) is 39.5 Å². The standard InChI is InChI=1S/C20H20Cl3FN2O3/c21-13-4-5-15(18(24)10-13)20(28)26-8-6-25(7-9-26)11-14(27)12-29-19-16(22)2-1-3-17(19)23/h1-5,10,14,27H,6-9,11-12H2. The molecule has 156 valence electrons. The summed E-state index contributed by atoms with van der Waals surface area (Å²) in [6.45, 7) is 2.41. The van der Waals surface area contributed by atoms with Crippen LogP contribution in [0.4, 0.5) is 4.39 Å². The molecule has 1 heterocycles. The Bertz CT molecular complexity index is 856. The summed E-state index contributed by atoms with van der Waals surface area (Å²) in [5.74, 6) is -0.651. The number of aliphatic hydroxyl groups is 1. The van der Waals surface area contributed by atoms with Crippen LogP contribution in [0, 0.1) is 5.82 Å². The number of benzene rings is 2. The first kappa shape index (κ1) is 22.1. The number of piperazine rings is 1. The van der Waals surface area contributed by atoms with Crippen molar-refractivity contribution in [3.05, 3.63) is 62.8 Å². The van der Waals surface area contributed by atoms with Crippen LogP contribution in [0.15, 0.2) is 36.4 Å². The molecule has 1 amide bonds. The highest BCUT2D eigenvalue weighted by Gasteiger charge is 2.25. The Morgan fingerprint density at radius 3 is 2.38 bits per heavy atom. The van der Waals surface area contributed by atoms with Gasteiger partial charge in [-0.3, -0.25) is 9.69 Å². The summed E-state index contributed by atoms with van der Waals surface area (Å²) in [5.41, 5.74) is 0.00732. The van der Waals surface area contributed by atoms with Crippen molar-refractivity contribution in [1.29, 1.82) is 0 Å². The van der Waals surface area contributed by atoms with Gasteiger partial charge < -0.3 is 14.7 Å². The van der Waals surface area contributed by atoms with Gasteiger partial charge in [0, 0.05) is 37.7 Å². The number of hydrogen-bond donors (Lipinski definition) is 1. The maximum absolute atomic E-state index is 14.0. The van der Waals surface area contributed by atoms with E-state index in [9.17, 15) is 14.3 Å². The SMILES string of the molecule is O=C(c1ccc(Cl)cc1F)N1CCN(CC(O)COc2c(Cl)cccc2Cl)CC1. The molecular formula is C20H20Cl3FN2O3. The number of nitrogens with zero attached hydrogens (tertiary/aromatic N) is 2. The lowest BCUT2D eigenvalue weighted by Crippen LogP contribution is -2.51. The summed E-state index contributed by atoms with van der Waals surface area (Å²) in [5, 5.41) is 11.3. The van der Waals surface area contributed by atoms with E-state index in [0.717, 1.165) is 6.07 Å². The first-order valence-corrected chi connectivity index (χ1v) is 10.2. The van der Waals surface area contributed by atoms with Crippen LogP contribution in [-0.2, 0) is 0 Å². The Hall–Kier alpha value is -1.57. The Balaban J connectivity index is 1.47. The van der Waals surface area contributed by atoms with Crippen molar-refractivity contribution in [3.8, 4) is 5.75 Å². The lowest BCUT2D eigenvalue weighted by molar-refractivity contribution is 0.0402. The maximum Gasteiger partial charge on any atom is 0.256 e. The van der Waals surface area contributed by atoms with Gasteiger partial charge in [0.2, 0.25) is 0 Å². The van der Waals surface area contributed by atoms with E-state index in [1.165, 1.54) is 12.1 Å². The van der Waals surface area contributed by atoms with Crippen molar-refractivity contribution in [2.24, 2.45) is 0 Å². The molecule has 1 N–H and O–H groups in total. The molecule has 0 aliphatic carbocycles. The molecule has 0 bridgehead atoms. The smallest absolute Gasteiger partial charge is 0.256 e. The van der Waals surface area contributed by atoms with Crippen LogP contribution in [0.1, 0.15) is 10.4 Å². The van der Waals surface area contributed by atoms with Gasteiger partial charge >= 0.3 is 0 Å². The van der Waals surface area contributed by atoms with Crippen molar-refractivity contribution < 1.29 is 19.0 Å². The van der Waals surface area contributed by atoms with Crippen molar-refractivity contribution in [2.45, 2.75) is 6.10 Å². The van der Waals surface area contributed by atoms with Crippen LogP contribution in [-0.4, -0.2) is 66.2 Å². The summed E-state index contributed by atoms with van der Waals surface area (Å²) >= 11 is 17.8. The number of para-hydroxylation sites is 1. The largest absolute Gasteiger partial charge is 0.488 e. The Kier molecular flexibility index (Phi) is 7.60. The van der Waals surface area contributed by atoms with E-state index in [2.05, 4.69) is 0 Å². The average Bonchev–Trinajstić information content (AvgIpc) is 2.68. The molecule has 1 aliphatic rings. The van der Waals surface area contributed by atoms with Gasteiger partial charge in [0.15, 0.2) is 5.75 Å². The zero-order chi connectivity index (χ0) is 21.0. The number of carbonyl (C=O) groups excluding carboxylic acids is 1. The van der Waals surface area contributed by atoms with E-state index in [0.29, 0.717) is 48.5 Å². The van der Waals surface area contributed by atoms with Crippen LogP contribution in [0.2, 0.25) is 15.1 Å². The van der Waals surface area contributed by atoms with Gasteiger partial charge in [0.25, 0.3) is 5.91 Å². The first-order chi connectivity index (χ1) is 13.8.